The van der Waals surface area contributed by atoms with Gasteiger partial charge in [-0.3, -0.25) is 0 Å². The molecule has 0 spiro atoms. The molecule has 4 heteroatoms. The summed E-state index contributed by atoms with van der Waals surface area (Å²) in [6, 6.07) is 4.61. The third-order valence-corrected chi connectivity index (χ3v) is 2.29. The van der Waals surface area contributed by atoms with E-state index >= 15 is 0 Å². The van der Waals surface area contributed by atoms with Crippen LogP contribution in [0.5, 0.6) is 5.75 Å². The minimum Gasteiger partial charge on any atom is -0.494 e. The van der Waals surface area contributed by atoms with Crippen molar-refractivity contribution < 1.29 is 9.13 Å². The molecule has 90 valence electrons. The van der Waals surface area contributed by atoms with Gasteiger partial charge in [0.2, 0.25) is 0 Å². The molecule has 0 heterocycles. The quantitative estimate of drug-likeness (QED) is 0.809. The Kier molecular flexibility index (Phi) is 6.77. The maximum atomic E-state index is 13.1. The largest absolute Gasteiger partial charge is 0.494 e. The molecule has 1 rings (SSSR count). The Morgan fingerprint density at radius 1 is 1.56 bits per heavy atom. The van der Waals surface area contributed by atoms with Gasteiger partial charge in [0.25, 0.3) is 0 Å². The fraction of sp³-hybridized carbons (Fsp3) is 0.333. The van der Waals surface area contributed by atoms with Gasteiger partial charge in [-0.25, -0.2) is 4.39 Å². The van der Waals surface area contributed by atoms with Crippen molar-refractivity contribution in [3.63, 3.8) is 0 Å². The second kappa shape index (κ2) is 7.25. The maximum Gasteiger partial charge on any atom is 0.165 e. The molecule has 0 amide bonds. The van der Waals surface area contributed by atoms with Crippen molar-refractivity contribution in [2.75, 3.05) is 7.11 Å². The van der Waals surface area contributed by atoms with Crippen LogP contribution < -0.4 is 10.5 Å². The van der Waals surface area contributed by atoms with Crippen molar-refractivity contribution >= 4 is 12.4 Å². The summed E-state index contributed by atoms with van der Waals surface area (Å²) in [7, 11) is 1.44. The van der Waals surface area contributed by atoms with Crippen LogP contribution in [0, 0.1) is 5.82 Å². The van der Waals surface area contributed by atoms with E-state index in [2.05, 4.69) is 6.58 Å². The molecule has 0 radical (unpaired) electrons. The first-order valence-electron chi connectivity index (χ1n) is 4.89. The number of benzene rings is 1. The lowest BCUT2D eigenvalue weighted by atomic mass is 10.0. The molecule has 0 aliphatic rings. The van der Waals surface area contributed by atoms with E-state index in [4.69, 9.17) is 10.5 Å². The molecule has 0 unspecified atom stereocenters. The Morgan fingerprint density at radius 2 is 2.25 bits per heavy atom. The molecule has 0 aliphatic heterocycles. The van der Waals surface area contributed by atoms with E-state index in [-0.39, 0.29) is 30.0 Å². The molecule has 16 heavy (non-hydrogen) atoms. The summed E-state index contributed by atoms with van der Waals surface area (Å²) in [5.74, 6) is -0.126. The van der Waals surface area contributed by atoms with Gasteiger partial charge in [0.1, 0.15) is 0 Å². The van der Waals surface area contributed by atoms with Crippen LogP contribution in [-0.4, -0.2) is 7.11 Å². The average Bonchev–Trinajstić information content (AvgIpc) is 2.26. The highest BCUT2D eigenvalue weighted by molar-refractivity contribution is 5.85. The summed E-state index contributed by atoms with van der Waals surface area (Å²) in [5, 5.41) is 0. The summed E-state index contributed by atoms with van der Waals surface area (Å²) in [4.78, 5) is 0. The number of ether oxygens (including phenoxy) is 1. The molecule has 0 aliphatic carbocycles. The second-order valence-corrected chi connectivity index (χ2v) is 3.37. The van der Waals surface area contributed by atoms with Crippen LogP contribution in [0.25, 0.3) is 0 Å². The van der Waals surface area contributed by atoms with E-state index in [1.54, 1.807) is 12.1 Å². The topological polar surface area (TPSA) is 35.2 Å². The van der Waals surface area contributed by atoms with Gasteiger partial charge in [-0.05, 0) is 30.5 Å². The summed E-state index contributed by atoms with van der Waals surface area (Å²) in [5.41, 5.74) is 6.81. The normalized spacial score (nSPS) is 11.4. The summed E-state index contributed by atoms with van der Waals surface area (Å²) in [6.07, 6.45) is 3.47. The second-order valence-electron chi connectivity index (χ2n) is 3.37. The molecular weight excluding hydrogens is 229 g/mol. The lowest BCUT2D eigenvalue weighted by Gasteiger charge is -2.12. The van der Waals surface area contributed by atoms with E-state index in [9.17, 15) is 4.39 Å². The number of allylic oxidation sites excluding steroid dienone is 1. The third-order valence-electron chi connectivity index (χ3n) is 2.29. The molecule has 1 atom stereocenters. The van der Waals surface area contributed by atoms with Crippen LogP contribution in [0.3, 0.4) is 0 Å². The van der Waals surface area contributed by atoms with E-state index in [1.807, 2.05) is 6.08 Å². The van der Waals surface area contributed by atoms with Gasteiger partial charge >= 0.3 is 0 Å². The number of hydrogen-bond donors (Lipinski definition) is 1. The predicted octanol–water partition coefficient (Wildman–Crippen LogP) is 3.22. The fourth-order valence-electron chi connectivity index (χ4n) is 1.37. The Hall–Kier alpha value is -1.06. The van der Waals surface area contributed by atoms with Crippen LogP contribution in [0.1, 0.15) is 24.4 Å². The van der Waals surface area contributed by atoms with E-state index in [0.717, 1.165) is 18.4 Å². The zero-order valence-corrected chi connectivity index (χ0v) is 10.1. The highest BCUT2D eigenvalue weighted by atomic mass is 35.5. The van der Waals surface area contributed by atoms with Crippen LogP contribution >= 0.6 is 12.4 Å². The lowest BCUT2D eigenvalue weighted by molar-refractivity contribution is 0.385. The van der Waals surface area contributed by atoms with Gasteiger partial charge in [0, 0.05) is 6.04 Å². The van der Waals surface area contributed by atoms with Crippen LogP contribution in [0.15, 0.2) is 30.9 Å². The fourth-order valence-corrected chi connectivity index (χ4v) is 1.37. The number of rotatable bonds is 5. The minimum atomic E-state index is -0.364. The van der Waals surface area contributed by atoms with Crippen LogP contribution in [0.4, 0.5) is 4.39 Å². The average molecular weight is 246 g/mol. The van der Waals surface area contributed by atoms with Gasteiger partial charge in [-0.2, -0.15) is 0 Å². The van der Waals surface area contributed by atoms with Crippen LogP contribution in [-0.2, 0) is 0 Å². The van der Waals surface area contributed by atoms with Gasteiger partial charge in [0.15, 0.2) is 11.6 Å². The number of halogens is 2. The first-order chi connectivity index (χ1) is 7.19. The van der Waals surface area contributed by atoms with Gasteiger partial charge in [0.05, 0.1) is 7.11 Å². The number of nitrogens with two attached hydrogens (primary N) is 1. The Morgan fingerprint density at radius 3 is 2.81 bits per heavy atom. The summed E-state index contributed by atoms with van der Waals surface area (Å²) < 4.78 is 18.0. The van der Waals surface area contributed by atoms with Crippen molar-refractivity contribution in [2.45, 2.75) is 18.9 Å². The molecule has 0 aromatic heterocycles. The van der Waals surface area contributed by atoms with E-state index in [0.29, 0.717) is 0 Å². The van der Waals surface area contributed by atoms with Gasteiger partial charge in [-0.15, -0.1) is 19.0 Å². The van der Waals surface area contributed by atoms with Crippen molar-refractivity contribution in [2.24, 2.45) is 5.73 Å². The molecule has 1 aromatic carbocycles. The van der Waals surface area contributed by atoms with Crippen molar-refractivity contribution in [3.8, 4) is 5.75 Å². The molecule has 0 saturated heterocycles. The monoisotopic (exact) mass is 245 g/mol. The third kappa shape index (κ3) is 3.83. The highest BCUT2D eigenvalue weighted by Crippen LogP contribution is 2.23. The number of methoxy groups -OCH3 is 1. The van der Waals surface area contributed by atoms with Gasteiger partial charge in [-0.1, -0.05) is 12.1 Å². The summed E-state index contributed by atoms with van der Waals surface area (Å²) >= 11 is 0. The standard InChI is InChI=1S/C12H16FNO.ClH/c1-3-4-5-11(14)9-6-7-10(13)12(8-9)15-2;/h3,6-8,11H,1,4-5,14H2,2H3;1H/t11-;/m0./s1. The van der Waals surface area contributed by atoms with Crippen molar-refractivity contribution in [1.82, 2.24) is 0 Å². The zero-order valence-electron chi connectivity index (χ0n) is 9.28. The van der Waals surface area contributed by atoms with Crippen LogP contribution in [0.2, 0.25) is 0 Å². The Balaban J connectivity index is 0.00000225. The maximum absolute atomic E-state index is 13.1. The Bertz CT molecular complexity index is 344. The Labute approximate surface area is 102 Å². The summed E-state index contributed by atoms with van der Waals surface area (Å²) in [6.45, 7) is 3.63. The minimum absolute atomic E-state index is 0. The SMILES string of the molecule is C=CCC[C@H](N)c1ccc(F)c(OC)c1.Cl. The molecule has 2 N–H and O–H groups in total. The molecular formula is C12H17ClFNO. The zero-order chi connectivity index (χ0) is 11.3. The predicted molar refractivity (Wildman–Crippen MR) is 66.6 cm³/mol. The first kappa shape index (κ1) is 14.9. The number of hydrogen-bond acceptors (Lipinski definition) is 2. The van der Waals surface area contributed by atoms with Crippen molar-refractivity contribution in [3.05, 3.63) is 42.2 Å². The molecule has 0 saturated carbocycles. The smallest absolute Gasteiger partial charge is 0.165 e. The van der Waals surface area contributed by atoms with Crippen molar-refractivity contribution in [1.29, 1.82) is 0 Å². The molecule has 0 bridgehead atoms. The van der Waals surface area contributed by atoms with E-state index in [1.165, 1.54) is 13.2 Å². The molecule has 1 aromatic rings. The molecule has 0 fully saturated rings. The highest BCUT2D eigenvalue weighted by Gasteiger charge is 2.09. The molecule has 2 nitrogen and oxygen atoms in total. The van der Waals surface area contributed by atoms with Gasteiger partial charge < -0.3 is 10.5 Å². The van der Waals surface area contributed by atoms with E-state index < -0.39 is 0 Å². The lowest BCUT2D eigenvalue weighted by Crippen LogP contribution is -2.10. The first-order valence-corrected chi connectivity index (χ1v) is 4.89.